The first-order valence-electron chi connectivity index (χ1n) is 9.54. The molecule has 0 aliphatic carbocycles. The number of nitro benzene ring substituents is 1. The predicted octanol–water partition coefficient (Wildman–Crippen LogP) is 4.42. The molecule has 0 unspecified atom stereocenters. The number of ether oxygens (including phenoxy) is 2. The van der Waals surface area contributed by atoms with Crippen LogP contribution in [0.3, 0.4) is 0 Å². The van der Waals surface area contributed by atoms with E-state index in [4.69, 9.17) is 9.47 Å². The lowest BCUT2D eigenvalue weighted by atomic mass is 10.2. The topological polar surface area (TPSA) is 137 Å². The Balaban J connectivity index is 2.22. The summed E-state index contributed by atoms with van der Waals surface area (Å²) in [5.41, 5.74) is -0.357. The van der Waals surface area contributed by atoms with Gasteiger partial charge in [0.15, 0.2) is 5.82 Å². The van der Waals surface area contributed by atoms with E-state index in [1.165, 1.54) is 30.0 Å². The molecule has 0 atom stereocenters. The number of rotatable bonds is 5. The van der Waals surface area contributed by atoms with Gasteiger partial charge in [0, 0.05) is 23.1 Å². The van der Waals surface area contributed by atoms with Gasteiger partial charge in [-0.2, -0.15) is 10.00 Å². The number of imide groups is 1. The summed E-state index contributed by atoms with van der Waals surface area (Å²) < 4.78 is 11.9. The van der Waals surface area contributed by atoms with Crippen LogP contribution in [0.4, 0.5) is 21.1 Å². The number of nitro groups is 1. The van der Waals surface area contributed by atoms with E-state index in [2.05, 4.69) is 5.10 Å². The van der Waals surface area contributed by atoms with Crippen molar-refractivity contribution in [1.82, 2.24) is 9.78 Å². The van der Waals surface area contributed by atoms with E-state index in [0.29, 0.717) is 16.2 Å². The SMILES string of the molecule is COc1ccccc1Cn1nc2cc([N+](=O)[O-])ccc2c1N(C(=O)O)C(=O)OC(C)(C)C. The minimum Gasteiger partial charge on any atom is -0.496 e. The molecule has 2 amide bonds. The third-order valence-corrected chi connectivity index (χ3v) is 4.40. The van der Waals surface area contributed by atoms with Crippen molar-refractivity contribution < 1.29 is 29.1 Å². The van der Waals surface area contributed by atoms with Crippen LogP contribution in [0.2, 0.25) is 0 Å². The van der Waals surface area contributed by atoms with Gasteiger partial charge in [-0.15, -0.1) is 0 Å². The van der Waals surface area contributed by atoms with Crippen LogP contribution < -0.4 is 9.64 Å². The summed E-state index contributed by atoms with van der Waals surface area (Å²) in [6.07, 6.45) is -2.70. The Bertz CT molecular complexity index is 1200. The monoisotopic (exact) mass is 442 g/mol. The molecule has 11 nitrogen and oxygen atoms in total. The van der Waals surface area contributed by atoms with E-state index in [1.54, 1.807) is 45.0 Å². The second-order valence-corrected chi connectivity index (χ2v) is 7.85. The lowest BCUT2D eigenvalue weighted by Crippen LogP contribution is -2.41. The second-order valence-electron chi connectivity index (χ2n) is 7.85. The molecule has 3 rings (SSSR count). The fraction of sp³-hybridized carbons (Fsp3) is 0.286. The number of non-ortho nitro benzene ring substituents is 1. The van der Waals surface area contributed by atoms with Gasteiger partial charge in [-0.1, -0.05) is 18.2 Å². The molecular weight excluding hydrogens is 420 g/mol. The zero-order valence-electron chi connectivity index (χ0n) is 17.9. The van der Waals surface area contributed by atoms with Crippen LogP contribution in [-0.4, -0.2) is 44.7 Å². The second kappa shape index (κ2) is 8.53. The molecule has 0 spiro atoms. The van der Waals surface area contributed by atoms with Crippen LogP contribution in [0.25, 0.3) is 10.9 Å². The highest BCUT2D eigenvalue weighted by Crippen LogP contribution is 2.32. The molecule has 0 bridgehead atoms. The first-order chi connectivity index (χ1) is 15.0. The highest BCUT2D eigenvalue weighted by atomic mass is 16.6. The number of anilines is 1. The summed E-state index contributed by atoms with van der Waals surface area (Å²) in [7, 11) is 1.49. The Morgan fingerprint density at radius 1 is 1.22 bits per heavy atom. The number of fused-ring (bicyclic) bond motifs is 1. The lowest BCUT2D eigenvalue weighted by molar-refractivity contribution is -0.384. The fourth-order valence-corrected chi connectivity index (χ4v) is 3.13. The van der Waals surface area contributed by atoms with Crippen LogP contribution in [-0.2, 0) is 11.3 Å². The van der Waals surface area contributed by atoms with Crippen molar-refractivity contribution in [2.24, 2.45) is 0 Å². The summed E-state index contributed by atoms with van der Waals surface area (Å²) in [6.45, 7) is 4.87. The molecule has 0 aliphatic rings. The molecule has 3 aromatic rings. The Kier molecular flexibility index (Phi) is 6.01. The number of nitrogens with zero attached hydrogens (tertiary/aromatic N) is 4. The number of hydrogen-bond donors (Lipinski definition) is 1. The average molecular weight is 442 g/mol. The smallest absolute Gasteiger partial charge is 0.425 e. The first kappa shape index (κ1) is 22.5. The minimum atomic E-state index is -1.58. The van der Waals surface area contributed by atoms with Crippen LogP contribution in [0, 0.1) is 10.1 Å². The number of carboxylic acid groups (broad SMARTS) is 1. The van der Waals surface area contributed by atoms with E-state index in [1.807, 2.05) is 0 Å². The van der Waals surface area contributed by atoms with Crippen molar-refractivity contribution in [3.63, 3.8) is 0 Å². The van der Waals surface area contributed by atoms with Crippen LogP contribution in [0.5, 0.6) is 5.75 Å². The van der Waals surface area contributed by atoms with Crippen LogP contribution >= 0.6 is 0 Å². The standard InChI is InChI=1S/C21H22N4O7/c1-21(2,3)32-20(28)24(19(26)27)18-15-10-9-14(25(29)30)11-16(15)22-23(18)12-13-7-5-6-8-17(13)31-4/h5-11H,12H2,1-4H3,(H,26,27). The van der Waals surface area contributed by atoms with Crippen molar-refractivity contribution in [2.45, 2.75) is 32.9 Å². The molecule has 2 aromatic carbocycles. The molecule has 32 heavy (non-hydrogen) atoms. The number of para-hydroxylation sites is 1. The van der Waals surface area contributed by atoms with Gasteiger partial charge in [-0.05, 0) is 32.9 Å². The number of aromatic nitrogens is 2. The van der Waals surface area contributed by atoms with Gasteiger partial charge in [-0.3, -0.25) is 10.1 Å². The first-order valence-corrected chi connectivity index (χ1v) is 9.54. The maximum Gasteiger partial charge on any atom is 0.425 e. The molecule has 0 fully saturated rings. The van der Waals surface area contributed by atoms with Crippen LogP contribution in [0.15, 0.2) is 42.5 Å². The zero-order valence-corrected chi connectivity index (χ0v) is 17.9. The van der Waals surface area contributed by atoms with Crippen LogP contribution in [0.1, 0.15) is 26.3 Å². The Labute approximate surface area is 182 Å². The summed E-state index contributed by atoms with van der Waals surface area (Å²) >= 11 is 0. The van der Waals surface area contributed by atoms with Crippen molar-refractivity contribution in [3.8, 4) is 5.75 Å². The highest BCUT2D eigenvalue weighted by molar-refractivity contribution is 6.13. The van der Waals surface area contributed by atoms with Gasteiger partial charge in [0.05, 0.1) is 18.6 Å². The van der Waals surface area contributed by atoms with Gasteiger partial charge < -0.3 is 14.6 Å². The summed E-state index contributed by atoms with van der Waals surface area (Å²) in [6, 6.07) is 10.8. The van der Waals surface area contributed by atoms with Gasteiger partial charge in [0.1, 0.15) is 16.9 Å². The molecule has 1 N–H and O–H groups in total. The molecule has 0 saturated heterocycles. The number of carbonyl (C=O) groups excluding carboxylic acids is 1. The van der Waals surface area contributed by atoms with Crippen molar-refractivity contribution in [2.75, 3.05) is 12.0 Å². The number of amides is 2. The number of hydrogen-bond acceptors (Lipinski definition) is 7. The molecule has 1 aromatic heterocycles. The fourth-order valence-electron chi connectivity index (χ4n) is 3.13. The summed E-state index contributed by atoms with van der Waals surface area (Å²) in [5, 5.41) is 25.6. The van der Waals surface area contributed by atoms with E-state index in [-0.39, 0.29) is 29.0 Å². The Morgan fingerprint density at radius 3 is 2.50 bits per heavy atom. The Morgan fingerprint density at radius 2 is 1.91 bits per heavy atom. The van der Waals surface area contributed by atoms with Crippen molar-refractivity contribution >= 4 is 34.6 Å². The molecule has 0 aliphatic heterocycles. The molecule has 0 radical (unpaired) electrons. The quantitative estimate of drug-likeness (QED) is 0.453. The van der Waals surface area contributed by atoms with Gasteiger partial charge in [0.2, 0.25) is 0 Å². The van der Waals surface area contributed by atoms with Gasteiger partial charge in [-0.25, -0.2) is 14.3 Å². The average Bonchev–Trinajstić information content (AvgIpc) is 3.03. The molecule has 11 heteroatoms. The third-order valence-electron chi connectivity index (χ3n) is 4.40. The van der Waals surface area contributed by atoms with E-state index in [9.17, 15) is 24.8 Å². The van der Waals surface area contributed by atoms with Gasteiger partial charge in [0.25, 0.3) is 5.69 Å². The number of carbonyl (C=O) groups is 2. The zero-order chi connectivity index (χ0) is 23.6. The predicted molar refractivity (Wildman–Crippen MR) is 115 cm³/mol. The minimum absolute atomic E-state index is 0.0361. The Hall–Kier alpha value is -4.15. The van der Waals surface area contributed by atoms with E-state index < -0.39 is 22.7 Å². The highest BCUT2D eigenvalue weighted by Gasteiger charge is 2.33. The molecule has 0 saturated carbocycles. The van der Waals surface area contributed by atoms with Crippen molar-refractivity contribution in [3.05, 3.63) is 58.1 Å². The molecule has 1 heterocycles. The third kappa shape index (κ3) is 4.61. The summed E-state index contributed by atoms with van der Waals surface area (Å²) in [4.78, 5) is 36.0. The van der Waals surface area contributed by atoms with Crippen molar-refractivity contribution in [1.29, 1.82) is 0 Å². The summed E-state index contributed by atoms with van der Waals surface area (Å²) in [5.74, 6) is 0.436. The maximum atomic E-state index is 12.8. The molecule has 168 valence electrons. The largest absolute Gasteiger partial charge is 0.496 e. The van der Waals surface area contributed by atoms with E-state index in [0.717, 1.165) is 0 Å². The molecular formula is C21H22N4O7. The maximum absolute atomic E-state index is 12.8. The normalized spacial score (nSPS) is 11.2. The number of methoxy groups -OCH3 is 1. The lowest BCUT2D eigenvalue weighted by Gasteiger charge is -2.25. The van der Waals surface area contributed by atoms with E-state index >= 15 is 0 Å². The van der Waals surface area contributed by atoms with Gasteiger partial charge >= 0.3 is 12.2 Å². The number of benzene rings is 2.